The predicted molar refractivity (Wildman–Crippen MR) is 262 cm³/mol. The lowest BCUT2D eigenvalue weighted by molar-refractivity contribution is 1.18. The molecule has 0 fully saturated rings. The lowest BCUT2D eigenvalue weighted by Crippen LogP contribution is -1.94. The molecule has 2 heterocycles. The molecule has 0 saturated heterocycles. The van der Waals surface area contributed by atoms with E-state index in [9.17, 15) is 4.11 Å². The Morgan fingerprint density at radius 1 is 0.258 bits per heavy atom. The molecular weight excluding hydrogens is 749 g/mol. The highest BCUT2D eigenvalue weighted by Gasteiger charge is 2.18. The van der Waals surface area contributed by atoms with E-state index in [1.165, 1.54) is 5.56 Å². The van der Waals surface area contributed by atoms with Crippen LogP contribution in [-0.4, -0.2) is 9.13 Å². The minimum Gasteiger partial charge on any atom is -0.309 e. The summed E-state index contributed by atoms with van der Waals surface area (Å²) in [7, 11) is 0. The van der Waals surface area contributed by atoms with E-state index in [2.05, 4.69) is 167 Å². The van der Waals surface area contributed by atoms with Crippen LogP contribution in [-0.2, 0) is 0 Å². The van der Waals surface area contributed by atoms with Gasteiger partial charge in [0.15, 0.2) is 0 Å². The average molecular weight is 792 g/mol. The van der Waals surface area contributed by atoms with Gasteiger partial charge in [-0.25, -0.2) is 0 Å². The Labute approximate surface area is 365 Å². The molecule has 0 radical (unpaired) electrons. The van der Waals surface area contributed by atoms with E-state index in [-0.39, 0.29) is 18.1 Å². The van der Waals surface area contributed by atoms with Crippen molar-refractivity contribution < 1.29 is 4.11 Å². The molecule has 0 amide bonds. The lowest BCUT2D eigenvalue weighted by Gasteiger charge is -2.13. The molecule has 0 atom stereocenters. The van der Waals surface area contributed by atoms with E-state index >= 15 is 0 Å². The largest absolute Gasteiger partial charge is 0.309 e. The van der Waals surface area contributed by atoms with Gasteiger partial charge in [-0.1, -0.05) is 182 Å². The highest BCUT2D eigenvalue weighted by Crippen LogP contribution is 2.41. The van der Waals surface area contributed by atoms with Gasteiger partial charge >= 0.3 is 0 Å². The first-order chi connectivity index (χ1) is 32.0. The fourth-order valence-corrected chi connectivity index (χ4v) is 9.29. The van der Waals surface area contributed by atoms with Crippen LogP contribution in [0.25, 0.3) is 111 Å². The molecule has 0 bridgehead atoms. The first kappa shape index (κ1) is 32.6. The van der Waals surface area contributed by atoms with Crippen molar-refractivity contribution in [1.29, 1.82) is 0 Å². The van der Waals surface area contributed by atoms with Crippen LogP contribution in [0.15, 0.2) is 243 Å². The Bertz CT molecular complexity index is 3780. The molecule has 10 aromatic carbocycles. The predicted octanol–water partition coefficient (Wildman–Crippen LogP) is 16.2. The Kier molecular flexibility index (Phi) is 7.79. The van der Waals surface area contributed by atoms with E-state index in [4.69, 9.17) is 0 Å². The maximum atomic E-state index is 9.94. The monoisotopic (exact) mass is 791 g/mol. The van der Waals surface area contributed by atoms with Crippen molar-refractivity contribution >= 4 is 43.6 Å². The van der Waals surface area contributed by atoms with E-state index in [0.29, 0.717) is 16.5 Å². The summed E-state index contributed by atoms with van der Waals surface area (Å²) < 4.78 is 33.7. The number of benzene rings is 10. The van der Waals surface area contributed by atoms with Crippen molar-refractivity contribution in [3.63, 3.8) is 0 Å². The van der Waals surface area contributed by atoms with Gasteiger partial charge in [0.05, 0.1) is 26.2 Å². The van der Waals surface area contributed by atoms with E-state index in [0.717, 1.165) is 88.6 Å². The second-order valence-corrected chi connectivity index (χ2v) is 15.9. The Morgan fingerprint density at radius 3 is 1.55 bits per heavy atom. The second-order valence-electron chi connectivity index (χ2n) is 15.9. The molecule has 12 rings (SSSR count). The summed E-state index contributed by atoms with van der Waals surface area (Å²) in [5, 5.41) is 3.63. The lowest BCUT2D eigenvalue weighted by atomic mass is 9.94. The Morgan fingerprint density at radius 2 is 0.790 bits per heavy atom. The molecule has 2 heteroatoms. The van der Waals surface area contributed by atoms with Crippen LogP contribution in [0.1, 0.15) is 4.11 Å². The molecule has 0 N–H and O–H groups in total. The van der Waals surface area contributed by atoms with Gasteiger partial charge < -0.3 is 9.13 Å². The summed E-state index contributed by atoms with van der Waals surface area (Å²) in [4.78, 5) is 0. The molecule has 290 valence electrons. The van der Waals surface area contributed by atoms with E-state index < -0.39 is 0 Å². The normalized spacial score (nSPS) is 12.2. The van der Waals surface area contributed by atoms with Crippen molar-refractivity contribution in [2.24, 2.45) is 0 Å². The zero-order chi connectivity index (χ0) is 43.6. The molecule has 2 aromatic heterocycles. The third kappa shape index (κ3) is 6.04. The molecule has 0 aliphatic heterocycles. The first-order valence-electron chi connectivity index (χ1n) is 22.6. The van der Waals surface area contributed by atoms with Gasteiger partial charge in [0.1, 0.15) is 0 Å². The van der Waals surface area contributed by atoms with Crippen LogP contribution in [0.5, 0.6) is 0 Å². The molecule has 0 saturated carbocycles. The number of rotatable bonds is 7. The molecule has 0 spiro atoms. The zero-order valence-corrected chi connectivity index (χ0v) is 33.8. The number of hydrogen-bond acceptors (Lipinski definition) is 0. The number of nitrogens with zero attached hydrogens (tertiary/aromatic N) is 2. The molecule has 62 heavy (non-hydrogen) atoms. The number of para-hydroxylation sites is 1. The fraction of sp³-hybridized carbons (Fsp3) is 0. The van der Waals surface area contributed by atoms with E-state index in [1.54, 1.807) is 0 Å². The van der Waals surface area contributed by atoms with Crippen LogP contribution in [0.2, 0.25) is 0 Å². The summed E-state index contributed by atoms with van der Waals surface area (Å²) in [5.41, 5.74) is 15.7. The van der Waals surface area contributed by atoms with Crippen LogP contribution < -0.4 is 0 Å². The van der Waals surface area contributed by atoms with Gasteiger partial charge in [0, 0.05) is 32.9 Å². The average Bonchev–Trinajstić information content (AvgIpc) is 3.90. The Balaban J connectivity index is 1.07. The minimum atomic E-state index is 0.0326. The van der Waals surface area contributed by atoms with Gasteiger partial charge in [0.25, 0.3) is 0 Å². The van der Waals surface area contributed by atoms with Gasteiger partial charge in [0.2, 0.25) is 0 Å². The van der Waals surface area contributed by atoms with Gasteiger partial charge in [-0.05, 0) is 116 Å². The van der Waals surface area contributed by atoms with Gasteiger partial charge in [-0.2, -0.15) is 0 Å². The highest BCUT2D eigenvalue weighted by molar-refractivity contribution is 6.13. The van der Waals surface area contributed by atoms with Gasteiger partial charge in [-0.15, -0.1) is 0 Å². The van der Waals surface area contributed by atoms with Crippen LogP contribution >= 0.6 is 0 Å². The van der Waals surface area contributed by atoms with Crippen molar-refractivity contribution in [2.75, 3.05) is 0 Å². The third-order valence-corrected chi connectivity index (χ3v) is 12.3. The smallest absolute Gasteiger partial charge is 0.0645 e. The summed E-state index contributed by atoms with van der Waals surface area (Å²) in [6.45, 7) is 0. The van der Waals surface area contributed by atoms with Crippen LogP contribution in [0.3, 0.4) is 0 Å². The topological polar surface area (TPSA) is 9.86 Å². The van der Waals surface area contributed by atoms with Gasteiger partial charge in [-0.3, -0.25) is 0 Å². The number of fused-ring (bicyclic) bond motifs is 6. The van der Waals surface area contributed by atoms with Crippen molar-refractivity contribution in [3.8, 4) is 67.0 Å². The maximum absolute atomic E-state index is 9.94. The fourth-order valence-electron chi connectivity index (χ4n) is 9.29. The van der Waals surface area contributed by atoms with E-state index in [1.807, 2.05) is 66.7 Å². The standard InChI is InChI=1S/C60H40N2/c1-4-15-41(16-5-1)43-27-32-49(33-28-43)61-58-35-30-47(39-56(58)54-34-29-48(40-60(54)61)52-24-11-10-23-51(52)44-19-8-3-9-20-44)46-31-36-59-55(38-46)53-25-12-13-26-57(53)62(59)50-22-14-21-45(37-50)42-17-6-2-7-18-42/h1-40H/i31D,36D,38D. The summed E-state index contributed by atoms with van der Waals surface area (Å²) in [5.74, 6) is 0. The molecule has 0 aliphatic rings. The quantitative estimate of drug-likeness (QED) is 0.152. The molecule has 2 nitrogen and oxygen atoms in total. The number of aromatic nitrogens is 2. The molecule has 0 unspecified atom stereocenters. The number of hydrogen-bond donors (Lipinski definition) is 0. The first-order valence-corrected chi connectivity index (χ1v) is 21.1. The summed E-state index contributed by atoms with van der Waals surface area (Å²) >= 11 is 0. The minimum absolute atomic E-state index is 0.0326. The molecule has 12 aromatic rings. The summed E-state index contributed by atoms with van der Waals surface area (Å²) in [6.07, 6.45) is 0. The molecular formula is C60H40N2. The highest BCUT2D eigenvalue weighted by atomic mass is 15.0. The second kappa shape index (κ2) is 14.8. The van der Waals surface area contributed by atoms with Crippen LogP contribution in [0, 0.1) is 0 Å². The maximum Gasteiger partial charge on any atom is 0.0645 e. The summed E-state index contributed by atoms with van der Waals surface area (Å²) in [6, 6.07) is 78.3. The van der Waals surface area contributed by atoms with Crippen LogP contribution in [0.4, 0.5) is 0 Å². The SMILES string of the molecule is [2H]c1c(-c2ccc3c(c2)c2ccc(-c4ccccc4-c4ccccc4)cc2n3-c2ccc(-c3ccccc3)cc2)c([2H])c2c3ccccc3n(-c3cccc(-c4ccccc4)c3)c2c1[2H]. The Hall–Kier alpha value is -8.20. The van der Waals surface area contributed by atoms with Crippen molar-refractivity contribution in [2.45, 2.75) is 0 Å². The van der Waals surface area contributed by atoms with Crippen molar-refractivity contribution in [3.05, 3.63) is 243 Å². The third-order valence-electron chi connectivity index (χ3n) is 12.3. The van der Waals surface area contributed by atoms with Crippen molar-refractivity contribution in [1.82, 2.24) is 9.13 Å². The molecule has 0 aliphatic carbocycles. The zero-order valence-electron chi connectivity index (χ0n) is 36.8.